The molecule has 0 spiro atoms. The molecule has 26 heavy (non-hydrogen) atoms. The molecule has 0 aliphatic rings. The highest BCUT2D eigenvalue weighted by atomic mass is 16.6. The molecule has 0 aliphatic carbocycles. The van der Waals surface area contributed by atoms with Crippen LogP contribution in [0, 0.1) is 20.2 Å². The van der Waals surface area contributed by atoms with Gasteiger partial charge in [-0.1, -0.05) is 12.1 Å². The highest BCUT2D eigenvalue weighted by molar-refractivity contribution is 5.97. The number of hydrogen-bond acceptors (Lipinski definition) is 7. The molecule has 0 heterocycles. The quantitative estimate of drug-likeness (QED) is 0.419. The average molecular weight is 360 g/mol. The summed E-state index contributed by atoms with van der Waals surface area (Å²) >= 11 is 0. The van der Waals surface area contributed by atoms with Crippen LogP contribution in [0.5, 0.6) is 5.75 Å². The predicted octanol–water partition coefficient (Wildman–Crippen LogP) is 2.35. The molecular weight excluding hydrogens is 344 g/mol. The number of non-ortho nitro benzene ring substituents is 1. The average Bonchev–Trinajstić information content (AvgIpc) is 2.64. The third-order valence-electron chi connectivity index (χ3n) is 3.47. The summed E-state index contributed by atoms with van der Waals surface area (Å²) in [6, 6.07) is 9.86. The Labute approximate surface area is 148 Å². The van der Waals surface area contributed by atoms with Gasteiger partial charge in [-0.05, 0) is 12.1 Å². The number of amides is 1. The number of carbonyl (C=O) groups is 1. The number of nitro benzene ring substituents is 2. The maximum atomic E-state index is 12.2. The lowest BCUT2D eigenvalue weighted by Crippen LogP contribution is -2.29. The van der Waals surface area contributed by atoms with Gasteiger partial charge in [0.25, 0.3) is 17.3 Å². The molecular formula is C16H16N4O6. The van der Waals surface area contributed by atoms with Gasteiger partial charge >= 0.3 is 0 Å². The van der Waals surface area contributed by atoms with Gasteiger partial charge in [0.15, 0.2) is 0 Å². The van der Waals surface area contributed by atoms with Crippen LogP contribution >= 0.6 is 0 Å². The van der Waals surface area contributed by atoms with E-state index in [1.165, 1.54) is 25.3 Å². The summed E-state index contributed by atoms with van der Waals surface area (Å²) in [6.45, 7) is 0.380. The van der Waals surface area contributed by atoms with E-state index in [9.17, 15) is 25.0 Å². The van der Waals surface area contributed by atoms with Crippen molar-refractivity contribution in [3.63, 3.8) is 0 Å². The predicted molar refractivity (Wildman–Crippen MR) is 93.6 cm³/mol. The Balaban J connectivity index is 1.98. The van der Waals surface area contributed by atoms with Crippen molar-refractivity contribution in [2.24, 2.45) is 0 Å². The maximum Gasteiger partial charge on any atom is 0.292 e. The number of nitro groups is 2. The first-order valence-corrected chi connectivity index (χ1v) is 7.52. The Kier molecular flexibility index (Phi) is 6.04. The van der Waals surface area contributed by atoms with E-state index in [1.54, 1.807) is 18.2 Å². The van der Waals surface area contributed by atoms with Crippen LogP contribution in [0.25, 0.3) is 0 Å². The van der Waals surface area contributed by atoms with Crippen LogP contribution in [0.2, 0.25) is 0 Å². The van der Waals surface area contributed by atoms with Crippen LogP contribution in [-0.2, 0) is 0 Å². The van der Waals surface area contributed by atoms with Gasteiger partial charge in [-0.3, -0.25) is 25.0 Å². The standard InChI is InChI=1S/C16H16N4O6/c1-26-15-7-6-11(19(22)23)10-12(15)16(21)18-9-8-17-13-4-2-3-5-14(13)20(24)25/h2-7,10,17H,8-9H2,1H3,(H,18,21). The second kappa shape index (κ2) is 8.42. The Hall–Kier alpha value is -3.69. The van der Waals surface area contributed by atoms with E-state index in [-0.39, 0.29) is 35.8 Å². The molecule has 0 fully saturated rings. The number of methoxy groups -OCH3 is 1. The maximum absolute atomic E-state index is 12.2. The smallest absolute Gasteiger partial charge is 0.292 e. The zero-order valence-electron chi connectivity index (χ0n) is 13.8. The molecule has 2 aromatic rings. The molecule has 2 aromatic carbocycles. The van der Waals surface area contributed by atoms with Crippen molar-refractivity contribution in [1.82, 2.24) is 5.32 Å². The number of hydrogen-bond donors (Lipinski definition) is 2. The first-order chi connectivity index (χ1) is 12.4. The zero-order chi connectivity index (χ0) is 19.1. The fourth-order valence-electron chi connectivity index (χ4n) is 2.24. The molecule has 136 valence electrons. The summed E-state index contributed by atoms with van der Waals surface area (Å²) < 4.78 is 5.04. The normalized spacial score (nSPS) is 10.0. The minimum Gasteiger partial charge on any atom is -0.496 e. The molecule has 0 saturated carbocycles. The summed E-state index contributed by atoms with van der Waals surface area (Å²) in [6.07, 6.45) is 0. The second-order valence-electron chi connectivity index (χ2n) is 5.10. The van der Waals surface area contributed by atoms with E-state index in [2.05, 4.69) is 10.6 Å². The third kappa shape index (κ3) is 4.44. The largest absolute Gasteiger partial charge is 0.496 e. The minimum atomic E-state index is -0.605. The van der Waals surface area contributed by atoms with E-state index < -0.39 is 15.8 Å². The van der Waals surface area contributed by atoms with Gasteiger partial charge in [0.05, 0.1) is 22.5 Å². The SMILES string of the molecule is COc1ccc([N+](=O)[O-])cc1C(=O)NCCNc1ccccc1[N+](=O)[O-]. The zero-order valence-corrected chi connectivity index (χ0v) is 13.8. The van der Waals surface area contributed by atoms with Gasteiger partial charge in [0.2, 0.25) is 0 Å². The van der Waals surface area contributed by atoms with Gasteiger partial charge in [0, 0.05) is 31.3 Å². The molecule has 10 nitrogen and oxygen atoms in total. The molecule has 0 aliphatic heterocycles. The van der Waals surface area contributed by atoms with Crippen molar-refractivity contribution >= 4 is 23.0 Å². The molecule has 0 unspecified atom stereocenters. The van der Waals surface area contributed by atoms with E-state index >= 15 is 0 Å². The second-order valence-corrected chi connectivity index (χ2v) is 5.10. The van der Waals surface area contributed by atoms with E-state index in [4.69, 9.17) is 4.74 Å². The van der Waals surface area contributed by atoms with Crippen molar-refractivity contribution < 1.29 is 19.4 Å². The topological polar surface area (TPSA) is 137 Å². The van der Waals surface area contributed by atoms with E-state index in [0.29, 0.717) is 5.69 Å². The molecule has 0 atom stereocenters. The van der Waals surface area contributed by atoms with Crippen LogP contribution in [0.3, 0.4) is 0 Å². The van der Waals surface area contributed by atoms with Crippen molar-refractivity contribution in [3.8, 4) is 5.75 Å². The molecule has 0 aromatic heterocycles. The van der Waals surface area contributed by atoms with Gasteiger partial charge in [-0.15, -0.1) is 0 Å². The number of rotatable bonds is 8. The van der Waals surface area contributed by atoms with Gasteiger partial charge in [-0.25, -0.2) is 0 Å². The Bertz CT molecular complexity index is 839. The molecule has 1 amide bonds. The minimum absolute atomic E-state index is 0.0346. The van der Waals surface area contributed by atoms with Crippen LogP contribution < -0.4 is 15.4 Å². The number of ether oxygens (including phenoxy) is 1. The van der Waals surface area contributed by atoms with Crippen molar-refractivity contribution in [2.45, 2.75) is 0 Å². The monoisotopic (exact) mass is 360 g/mol. The molecule has 0 bridgehead atoms. The molecule has 0 radical (unpaired) electrons. The summed E-state index contributed by atoms with van der Waals surface area (Å²) in [5.74, 6) is -0.338. The number of benzene rings is 2. The number of anilines is 1. The van der Waals surface area contributed by atoms with Crippen molar-refractivity contribution in [1.29, 1.82) is 0 Å². The van der Waals surface area contributed by atoms with Crippen LogP contribution in [0.1, 0.15) is 10.4 Å². The molecule has 10 heteroatoms. The summed E-state index contributed by atoms with van der Waals surface area (Å²) in [4.78, 5) is 32.9. The fourth-order valence-corrected chi connectivity index (χ4v) is 2.24. The molecule has 2 rings (SSSR count). The molecule has 2 N–H and O–H groups in total. The lowest BCUT2D eigenvalue weighted by molar-refractivity contribution is -0.384. The van der Waals surface area contributed by atoms with Crippen LogP contribution in [0.4, 0.5) is 17.1 Å². The number of carbonyl (C=O) groups excluding carboxylic acids is 1. The first-order valence-electron chi connectivity index (χ1n) is 7.52. The van der Waals surface area contributed by atoms with E-state index in [0.717, 1.165) is 6.07 Å². The third-order valence-corrected chi connectivity index (χ3v) is 3.47. The number of nitrogens with zero attached hydrogens (tertiary/aromatic N) is 2. The van der Waals surface area contributed by atoms with Crippen LogP contribution in [0.15, 0.2) is 42.5 Å². The van der Waals surface area contributed by atoms with Gasteiger partial charge in [0.1, 0.15) is 11.4 Å². The summed E-state index contributed by atoms with van der Waals surface area (Å²) in [5.41, 5.74) is 0.0697. The highest BCUT2D eigenvalue weighted by Gasteiger charge is 2.17. The van der Waals surface area contributed by atoms with E-state index in [1.807, 2.05) is 0 Å². The lowest BCUT2D eigenvalue weighted by Gasteiger charge is -2.10. The Morgan fingerprint density at radius 1 is 1.08 bits per heavy atom. The van der Waals surface area contributed by atoms with Crippen molar-refractivity contribution in [2.75, 3.05) is 25.5 Å². The summed E-state index contributed by atoms with van der Waals surface area (Å²) in [7, 11) is 1.36. The van der Waals surface area contributed by atoms with Gasteiger partial charge in [-0.2, -0.15) is 0 Å². The Morgan fingerprint density at radius 2 is 1.81 bits per heavy atom. The van der Waals surface area contributed by atoms with Gasteiger partial charge < -0.3 is 15.4 Å². The first kappa shape index (κ1) is 18.6. The number of nitrogens with one attached hydrogen (secondary N) is 2. The number of para-hydroxylation sites is 2. The van der Waals surface area contributed by atoms with Crippen molar-refractivity contribution in [3.05, 3.63) is 68.3 Å². The fraction of sp³-hybridized carbons (Fsp3) is 0.188. The summed E-state index contributed by atoms with van der Waals surface area (Å²) in [5, 5.41) is 27.2. The Morgan fingerprint density at radius 3 is 2.46 bits per heavy atom. The molecule has 0 saturated heterocycles. The lowest BCUT2D eigenvalue weighted by atomic mass is 10.1. The highest BCUT2D eigenvalue weighted by Crippen LogP contribution is 2.24. The van der Waals surface area contributed by atoms with Crippen LogP contribution in [-0.4, -0.2) is 36.0 Å².